The van der Waals surface area contributed by atoms with E-state index >= 15 is 0 Å². The molecule has 19 heavy (non-hydrogen) atoms. The topological polar surface area (TPSA) is 18.5 Å². The monoisotopic (exact) mass is 325 g/mol. The molecule has 1 N–H and O–H groups in total. The van der Waals surface area contributed by atoms with Crippen molar-refractivity contribution in [1.82, 2.24) is 4.90 Å². The maximum Gasteiger partial charge on any atom is 0.0597 e. The lowest BCUT2D eigenvalue weighted by molar-refractivity contribution is 0.229. The molecule has 0 saturated carbocycles. The summed E-state index contributed by atoms with van der Waals surface area (Å²) >= 11 is 3.56. The van der Waals surface area contributed by atoms with Crippen molar-refractivity contribution in [2.45, 2.75) is 25.8 Å². The van der Waals surface area contributed by atoms with Gasteiger partial charge in [-0.05, 0) is 37.6 Å². The Morgan fingerprint density at radius 3 is 2.58 bits per heavy atom. The minimum atomic E-state index is 0.593. The molecule has 4 heteroatoms. The van der Waals surface area contributed by atoms with Crippen LogP contribution in [0, 0.1) is 0 Å². The van der Waals surface area contributed by atoms with Crippen molar-refractivity contribution < 1.29 is 0 Å². The third-order valence-corrected chi connectivity index (χ3v) is 4.33. The van der Waals surface area contributed by atoms with Gasteiger partial charge in [-0.2, -0.15) is 0 Å². The number of nitrogens with one attached hydrogen (secondary N) is 1. The molecular weight excluding hydrogens is 302 g/mol. The van der Waals surface area contributed by atoms with Gasteiger partial charge in [-0.15, -0.1) is 0 Å². The van der Waals surface area contributed by atoms with Crippen LogP contribution in [0.3, 0.4) is 0 Å². The van der Waals surface area contributed by atoms with Gasteiger partial charge in [-0.3, -0.25) is 0 Å². The maximum absolute atomic E-state index is 3.72. The first-order chi connectivity index (χ1) is 9.10. The van der Waals surface area contributed by atoms with Crippen molar-refractivity contribution in [1.29, 1.82) is 0 Å². The van der Waals surface area contributed by atoms with Gasteiger partial charge in [0.2, 0.25) is 0 Å². The third-order valence-electron chi connectivity index (χ3n) is 3.83. The fourth-order valence-electron chi connectivity index (χ4n) is 2.63. The summed E-state index contributed by atoms with van der Waals surface area (Å²) in [6.07, 6.45) is 2.46. The van der Waals surface area contributed by atoms with Crippen molar-refractivity contribution in [2.24, 2.45) is 0 Å². The Labute approximate surface area is 125 Å². The first-order valence-corrected chi connectivity index (χ1v) is 7.85. The molecule has 1 aliphatic rings. The highest BCUT2D eigenvalue weighted by atomic mass is 79.9. The lowest BCUT2D eigenvalue weighted by atomic mass is 10.0. The van der Waals surface area contributed by atoms with Crippen LogP contribution < -0.4 is 10.2 Å². The zero-order valence-electron chi connectivity index (χ0n) is 12.1. The number of piperidine rings is 1. The Morgan fingerprint density at radius 2 is 2.00 bits per heavy atom. The van der Waals surface area contributed by atoms with Crippen LogP contribution in [0.2, 0.25) is 0 Å². The molecule has 0 atom stereocenters. The van der Waals surface area contributed by atoms with Gasteiger partial charge in [-0.1, -0.05) is 22.9 Å². The molecule has 0 unspecified atom stereocenters. The summed E-state index contributed by atoms with van der Waals surface area (Å²) in [5.74, 6) is 0. The Hall–Kier alpha value is -0.740. The molecule has 1 aliphatic heterocycles. The predicted octanol–water partition coefficient (Wildman–Crippen LogP) is 3.41. The highest BCUT2D eigenvalue weighted by Gasteiger charge is 2.19. The average Bonchev–Trinajstić information content (AvgIpc) is 2.39. The van der Waals surface area contributed by atoms with Gasteiger partial charge in [-0.25, -0.2) is 0 Å². The van der Waals surface area contributed by atoms with Crippen molar-refractivity contribution in [3.63, 3.8) is 0 Å². The van der Waals surface area contributed by atoms with Crippen LogP contribution in [0.15, 0.2) is 22.7 Å². The van der Waals surface area contributed by atoms with Crippen LogP contribution >= 0.6 is 15.9 Å². The van der Waals surface area contributed by atoms with E-state index in [9.17, 15) is 0 Å². The largest absolute Gasteiger partial charge is 0.381 e. The second-order valence-electron chi connectivity index (χ2n) is 5.41. The molecule has 2 rings (SSSR count). The van der Waals surface area contributed by atoms with Gasteiger partial charge >= 0.3 is 0 Å². The molecule has 1 heterocycles. The predicted molar refractivity (Wildman–Crippen MR) is 87.2 cm³/mol. The van der Waals surface area contributed by atoms with E-state index in [-0.39, 0.29) is 0 Å². The molecular formula is C15H24BrN3. The van der Waals surface area contributed by atoms with Crippen molar-refractivity contribution in [3.05, 3.63) is 22.7 Å². The molecule has 1 aromatic carbocycles. The quantitative estimate of drug-likeness (QED) is 0.915. The molecule has 3 nitrogen and oxygen atoms in total. The van der Waals surface area contributed by atoms with E-state index in [1.54, 1.807) is 0 Å². The van der Waals surface area contributed by atoms with Gasteiger partial charge in [0.1, 0.15) is 0 Å². The van der Waals surface area contributed by atoms with E-state index < -0.39 is 0 Å². The molecule has 0 bridgehead atoms. The van der Waals surface area contributed by atoms with E-state index in [0.29, 0.717) is 6.04 Å². The van der Waals surface area contributed by atoms with Gasteiger partial charge in [0.15, 0.2) is 0 Å². The second-order valence-corrected chi connectivity index (χ2v) is 6.32. The molecule has 0 radical (unpaired) electrons. The average molecular weight is 326 g/mol. The number of nitrogens with zero attached hydrogens (tertiary/aromatic N) is 2. The zero-order valence-corrected chi connectivity index (χ0v) is 13.7. The van der Waals surface area contributed by atoms with Crippen LogP contribution in [-0.4, -0.2) is 44.7 Å². The highest BCUT2D eigenvalue weighted by molar-refractivity contribution is 9.10. The summed E-state index contributed by atoms with van der Waals surface area (Å²) in [4.78, 5) is 4.68. The Bertz CT molecular complexity index is 412. The van der Waals surface area contributed by atoms with Gasteiger partial charge < -0.3 is 15.1 Å². The zero-order chi connectivity index (χ0) is 13.8. The summed E-state index contributed by atoms with van der Waals surface area (Å²) < 4.78 is 1.13. The Morgan fingerprint density at radius 1 is 1.32 bits per heavy atom. The maximum atomic E-state index is 3.72. The van der Waals surface area contributed by atoms with Crippen LogP contribution in [0.5, 0.6) is 0 Å². The van der Waals surface area contributed by atoms with Gasteiger partial charge in [0.25, 0.3) is 0 Å². The summed E-state index contributed by atoms with van der Waals surface area (Å²) in [5, 5.41) is 3.72. The van der Waals surface area contributed by atoms with E-state index in [4.69, 9.17) is 0 Å². The first kappa shape index (κ1) is 14.7. The second kappa shape index (κ2) is 6.62. The number of hydrogen-bond donors (Lipinski definition) is 1. The smallest absolute Gasteiger partial charge is 0.0597 e. The lowest BCUT2D eigenvalue weighted by Gasteiger charge is -2.33. The fourth-order valence-corrected chi connectivity index (χ4v) is 2.99. The number of benzene rings is 1. The fraction of sp³-hybridized carbons (Fsp3) is 0.600. The molecule has 1 saturated heterocycles. The van der Waals surface area contributed by atoms with Crippen LogP contribution in [0.25, 0.3) is 0 Å². The number of hydrogen-bond acceptors (Lipinski definition) is 3. The van der Waals surface area contributed by atoms with E-state index in [1.165, 1.54) is 43.9 Å². The lowest BCUT2D eigenvalue weighted by Crippen LogP contribution is -2.39. The Balaban J connectivity index is 2.04. The molecule has 0 amide bonds. The summed E-state index contributed by atoms with van der Waals surface area (Å²) in [7, 11) is 4.18. The molecule has 0 aliphatic carbocycles. The number of rotatable bonds is 4. The molecule has 106 valence electrons. The first-order valence-electron chi connectivity index (χ1n) is 7.06. The summed E-state index contributed by atoms with van der Waals surface area (Å²) in [6.45, 7) is 5.83. The van der Waals surface area contributed by atoms with Crippen molar-refractivity contribution in [3.8, 4) is 0 Å². The number of halogens is 1. The number of anilines is 2. The molecule has 0 aromatic heterocycles. The standard InChI is InChI=1S/C15H24BrN3/c1-4-19-9-7-13(8-10-19)17-14-11-12(16)5-6-15(14)18(2)3/h5-6,11,13,17H,4,7-10H2,1-3H3. The normalized spacial score (nSPS) is 17.5. The summed E-state index contributed by atoms with van der Waals surface area (Å²) in [5.41, 5.74) is 2.48. The van der Waals surface area contributed by atoms with Crippen LogP contribution in [0.4, 0.5) is 11.4 Å². The number of likely N-dealkylation sites (tertiary alicyclic amines) is 1. The summed E-state index contributed by atoms with van der Waals surface area (Å²) in [6, 6.07) is 7.03. The molecule has 1 fully saturated rings. The van der Waals surface area contributed by atoms with Crippen LogP contribution in [0.1, 0.15) is 19.8 Å². The Kier molecular flexibility index (Phi) is 5.11. The van der Waals surface area contributed by atoms with Gasteiger partial charge in [0.05, 0.1) is 11.4 Å². The van der Waals surface area contributed by atoms with Crippen molar-refractivity contribution in [2.75, 3.05) is 43.9 Å². The van der Waals surface area contributed by atoms with E-state index in [0.717, 1.165) is 4.47 Å². The third kappa shape index (κ3) is 3.86. The van der Waals surface area contributed by atoms with E-state index in [2.05, 4.69) is 70.3 Å². The van der Waals surface area contributed by atoms with E-state index in [1.807, 2.05) is 0 Å². The molecule has 1 aromatic rings. The highest BCUT2D eigenvalue weighted by Crippen LogP contribution is 2.29. The minimum Gasteiger partial charge on any atom is -0.381 e. The van der Waals surface area contributed by atoms with Crippen molar-refractivity contribution >= 4 is 27.3 Å². The SMILES string of the molecule is CCN1CCC(Nc2cc(Br)ccc2N(C)C)CC1. The molecule has 0 spiro atoms. The van der Waals surface area contributed by atoms with Gasteiger partial charge in [0, 0.05) is 37.7 Å². The minimum absolute atomic E-state index is 0.593. The van der Waals surface area contributed by atoms with Crippen LogP contribution in [-0.2, 0) is 0 Å².